The average molecular weight is 403 g/mol. The zero-order valence-corrected chi connectivity index (χ0v) is 21.8. The Kier molecular flexibility index (Phi) is 12.9. The molecule has 0 spiro atoms. The van der Waals surface area contributed by atoms with Crippen LogP contribution in [0.2, 0.25) is 0 Å². The number of nitrogens with one attached hydrogen (secondary N) is 1. The van der Waals surface area contributed by atoms with E-state index < -0.39 is 5.60 Å². The molecule has 0 saturated carbocycles. The Morgan fingerprint density at radius 2 is 1.61 bits per heavy atom. The number of hydrogen-bond donors (Lipinski definition) is 2. The minimum absolute atomic E-state index is 0. The number of benzene rings is 1. The minimum Gasteiger partial charge on any atom is -0.872 e. The topological polar surface area (TPSA) is 75.6 Å². The smallest absolute Gasteiger partial charge is 0.872 e. The van der Waals surface area contributed by atoms with Crippen LogP contribution in [0.4, 0.5) is 0 Å². The van der Waals surface area contributed by atoms with Gasteiger partial charge in [-0.3, -0.25) is 4.79 Å². The van der Waals surface area contributed by atoms with E-state index in [0.29, 0.717) is 12.1 Å². The molecule has 0 aliphatic carbocycles. The van der Waals surface area contributed by atoms with Crippen LogP contribution in [0.1, 0.15) is 66.5 Å². The molecule has 6 heteroatoms. The van der Waals surface area contributed by atoms with Gasteiger partial charge in [-0.05, 0) is 37.7 Å². The SMILES string of the molecule is CC(C)(C)O.CC(C)[C@H](NCc1cccc(C(C)(C)C)c1[O-])C(=O)N(C)C.[Na+]. The molecule has 0 fully saturated rings. The molecule has 0 aliphatic rings. The van der Waals surface area contributed by atoms with Crippen molar-refractivity contribution in [1.82, 2.24) is 10.2 Å². The molecule has 5 nitrogen and oxygen atoms in total. The second kappa shape index (κ2) is 12.2. The Hall–Kier alpha value is -0.590. The molecule has 0 unspecified atom stereocenters. The summed E-state index contributed by atoms with van der Waals surface area (Å²) in [5.74, 6) is 0.271. The summed E-state index contributed by atoms with van der Waals surface area (Å²) in [6.45, 7) is 15.7. The van der Waals surface area contributed by atoms with Crippen LogP contribution in [0, 0.1) is 5.92 Å². The quantitative estimate of drug-likeness (QED) is 0.682. The number of rotatable bonds is 5. The van der Waals surface area contributed by atoms with Crippen molar-refractivity contribution in [2.24, 2.45) is 5.92 Å². The van der Waals surface area contributed by atoms with E-state index in [1.165, 1.54) is 0 Å². The van der Waals surface area contributed by atoms with Crippen LogP contribution >= 0.6 is 0 Å². The predicted molar refractivity (Wildman–Crippen MR) is 111 cm³/mol. The van der Waals surface area contributed by atoms with Gasteiger partial charge >= 0.3 is 29.6 Å². The van der Waals surface area contributed by atoms with Crippen molar-refractivity contribution in [3.05, 3.63) is 29.3 Å². The van der Waals surface area contributed by atoms with Crippen LogP contribution in [0.15, 0.2) is 18.2 Å². The monoisotopic (exact) mass is 402 g/mol. The number of nitrogens with zero attached hydrogens (tertiary/aromatic N) is 1. The van der Waals surface area contributed by atoms with Gasteiger partial charge in [-0.2, -0.15) is 0 Å². The van der Waals surface area contributed by atoms with Gasteiger partial charge < -0.3 is 20.4 Å². The molecular weight excluding hydrogens is 363 g/mol. The summed E-state index contributed by atoms with van der Waals surface area (Å²) in [6, 6.07) is 5.35. The second-order valence-electron chi connectivity index (χ2n) is 9.55. The number of likely N-dealkylation sites (N-methyl/N-ethyl adjacent to an activating group) is 1. The first-order chi connectivity index (χ1) is 12.1. The summed E-state index contributed by atoms with van der Waals surface area (Å²) in [5.41, 5.74) is 0.848. The maximum atomic E-state index is 12.6. The molecule has 0 bridgehead atoms. The third kappa shape index (κ3) is 11.4. The van der Waals surface area contributed by atoms with E-state index in [9.17, 15) is 9.90 Å². The van der Waals surface area contributed by atoms with Gasteiger partial charge in [0.1, 0.15) is 0 Å². The minimum atomic E-state index is -0.500. The van der Waals surface area contributed by atoms with Crippen molar-refractivity contribution in [3.8, 4) is 5.75 Å². The van der Waals surface area contributed by atoms with E-state index in [-0.39, 0.29) is 58.6 Å². The molecule has 28 heavy (non-hydrogen) atoms. The Bertz CT molecular complexity index is 597. The normalized spacial score (nSPS) is 12.6. The Labute approximate surface area is 194 Å². The fourth-order valence-electron chi connectivity index (χ4n) is 2.42. The van der Waals surface area contributed by atoms with E-state index in [2.05, 4.69) is 5.32 Å². The van der Waals surface area contributed by atoms with Gasteiger partial charge in [0.25, 0.3) is 0 Å². The second-order valence-corrected chi connectivity index (χ2v) is 9.55. The van der Waals surface area contributed by atoms with Crippen LogP contribution in [-0.2, 0) is 16.8 Å². The van der Waals surface area contributed by atoms with Crippen molar-refractivity contribution < 1.29 is 44.6 Å². The third-order valence-electron chi connectivity index (χ3n) is 3.79. The van der Waals surface area contributed by atoms with Crippen LogP contribution in [-0.4, -0.2) is 41.7 Å². The standard InChI is InChI=1S/C18H30N2O2.C4H10O.Na/c1-12(2)15(17(22)20(6)7)19-11-13-9-8-10-14(16(13)21)18(3,4)5;1-4(2,3)5;/h8-10,12,15,19,21H,11H2,1-7H3;5H,1-3H3;/q;;+1/p-1/t15-;;/m0../s1. The summed E-state index contributed by atoms with van der Waals surface area (Å²) in [7, 11) is 3.50. The molecule has 1 aromatic carbocycles. The van der Waals surface area contributed by atoms with Crippen molar-refractivity contribution in [2.45, 2.75) is 79.0 Å². The molecule has 1 atom stereocenters. The number of carbonyl (C=O) groups is 1. The van der Waals surface area contributed by atoms with Gasteiger partial charge in [-0.1, -0.05) is 58.4 Å². The van der Waals surface area contributed by atoms with Crippen LogP contribution in [0.3, 0.4) is 0 Å². The zero-order chi connectivity index (χ0) is 21.6. The molecule has 2 N–H and O–H groups in total. The molecule has 1 aromatic rings. The van der Waals surface area contributed by atoms with E-state index in [1.54, 1.807) is 39.8 Å². The molecule has 0 saturated heterocycles. The first-order valence-electron chi connectivity index (χ1n) is 9.52. The van der Waals surface area contributed by atoms with Crippen LogP contribution in [0.5, 0.6) is 5.75 Å². The van der Waals surface area contributed by atoms with Gasteiger partial charge in [-0.15, -0.1) is 5.75 Å². The molecule has 1 rings (SSSR count). The Morgan fingerprint density at radius 1 is 1.14 bits per heavy atom. The van der Waals surface area contributed by atoms with Gasteiger partial charge in [-0.25, -0.2) is 0 Å². The molecule has 0 aromatic heterocycles. The summed E-state index contributed by atoms with van der Waals surface area (Å²) in [6.07, 6.45) is 0. The Balaban J connectivity index is 0. The van der Waals surface area contributed by atoms with Gasteiger partial charge in [0.15, 0.2) is 0 Å². The number of hydrogen-bond acceptors (Lipinski definition) is 4. The van der Waals surface area contributed by atoms with Crippen molar-refractivity contribution in [3.63, 3.8) is 0 Å². The van der Waals surface area contributed by atoms with Gasteiger partial charge in [0.05, 0.1) is 11.6 Å². The maximum absolute atomic E-state index is 12.6. The number of aliphatic hydroxyl groups is 1. The third-order valence-corrected chi connectivity index (χ3v) is 3.79. The molecule has 0 heterocycles. The van der Waals surface area contributed by atoms with Gasteiger partial charge in [0.2, 0.25) is 5.91 Å². The summed E-state index contributed by atoms with van der Waals surface area (Å²) < 4.78 is 0. The van der Waals surface area contributed by atoms with Crippen LogP contribution < -0.4 is 40.0 Å². The largest absolute Gasteiger partial charge is 1.00 e. The summed E-state index contributed by atoms with van der Waals surface area (Å²) in [5, 5.41) is 24.3. The van der Waals surface area contributed by atoms with E-state index >= 15 is 0 Å². The van der Waals surface area contributed by atoms with Crippen molar-refractivity contribution in [2.75, 3.05) is 14.1 Å². The summed E-state index contributed by atoms with van der Waals surface area (Å²) in [4.78, 5) is 13.8. The van der Waals surface area contributed by atoms with Gasteiger partial charge in [0, 0.05) is 20.6 Å². The van der Waals surface area contributed by atoms with E-state index in [4.69, 9.17) is 5.11 Å². The average Bonchev–Trinajstić information content (AvgIpc) is 2.45. The van der Waals surface area contributed by atoms with E-state index in [0.717, 1.165) is 5.56 Å². The fourth-order valence-corrected chi connectivity index (χ4v) is 2.42. The number of amides is 1. The Morgan fingerprint density at radius 3 is 1.96 bits per heavy atom. The van der Waals surface area contributed by atoms with E-state index in [1.807, 2.05) is 52.8 Å². The fraction of sp³-hybridized carbons (Fsp3) is 0.682. The maximum Gasteiger partial charge on any atom is 1.00 e. The van der Waals surface area contributed by atoms with Crippen molar-refractivity contribution >= 4 is 5.91 Å². The molecule has 1 amide bonds. The molecule has 0 aliphatic heterocycles. The molecule has 0 radical (unpaired) electrons. The zero-order valence-electron chi connectivity index (χ0n) is 19.8. The van der Waals surface area contributed by atoms with Crippen LogP contribution in [0.25, 0.3) is 0 Å². The summed E-state index contributed by atoms with van der Waals surface area (Å²) >= 11 is 0. The van der Waals surface area contributed by atoms with Crippen molar-refractivity contribution in [1.29, 1.82) is 0 Å². The first-order valence-corrected chi connectivity index (χ1v) is 9.52. The molecule has 156 valence electrons. The first kappa shape index (κ1) is 29.6. The number of carbonyl (C=O) groups excluding carboxylic acids is 1. The number of para-hydroxylation sites is 1. The molecular formula is C22H39N2NaO3. The predicted octanol–water partition coefficient (Wildman–Crippen LogP) is 0.0413.